The van der Waals surface area contributed by atoms with Gasteiger partial charge in [0.25, 0.3) is 0 Å². The number of anilines is 1. The number of carbonyl (C=O) groups excluding carboxylic acids is 1. The first kappa shape index (κ1) is 12.9. The van der Waals surface area contributed by atoms with Crippen LogP contribution >= 0.6 is 0 Å². The zero-order chi connectivity index (χ0) is 14.4. The molecule has 0 aromatic heterocycles. The summed E-state index contributed by atoms with van der Waals surface area (Å²) in [6.45, 7) is 1.74. The Kier molecular flexibility index (Phi) is 2.83. The summed E-state index contributed by atoms with van der Waals surface area (Å²) in [4.78, 5) is 14.0. The van der Waals surface area contributed by atoms with Crippen LogP contribution in [0, 0.1) is 5.92 Å². The molecule has 1 saturated heterocycles. The predicted molar refractivity (Wildman–Crippen MR) is 75.3 cm³/mol. The molecule has 4 rings (SSSR count). The molecule has 1 saturated carbocycles. The molecule has 3 aliphatic rings. The molecule has 6 heteroatoms. The Morgan fingerprint density at radius 1 is 1.33 bits per heavy atom. The third kappa shape index (κ3) is 2.45. The Bertz CT molecular complexity index is 579. The van der Waals surface area contributed by atoms with Gasteiger partial charge in [-0.2, -0.15) is 0 Å². The zero-order valence-electron chi connectivity index (χ0n) is 11.7. The third-order valence-corrected chi connectivity index (χ3v) is 4.36. The lowest BCUT2D eigenvalue weighted by atomic mass is 9.89. The minimum absolute atomic E-state index is 0.0771. The second kappa shape index (κ2) is 4.61. The molecular formula is C15H18N2O4. The quantitative estimate of drug-likeness (QED) is 0.858. The second-order valence-electron chi connectivity index (χ2n) is 6.14. The number of amides is 1. The first-order valence-electron chi connectivity index (χ1n) is 7.27. The van der Waals surface area contributed by atoms with Gasteiger partial charge < -0.3 is 19.9 Å². The summed E-state index contributed by atoms with van der Waals surface area (Å²) >= 11 is 0. The van der Waals surface area contributed by atoms with Crippen LogP contribution in [-0.2, 0) is 4.79 Å². The molecule has 1 aromatic rings. The number of ether oxygens (including phenoxy) is 2. The average Bonchev–Trinajstić information content (AvgIpc) is 3.16. The number of aliphatic hydroxyl groups is 1. The first-order chi connectivity index (χ1) is 10.1. The fourth-order valence-corrected chi connectivity index (χ4v) is 3.10. The highest BCUT2D eigenvalue weighted by atomic mass is 16.7. The van der Waals surface area contributed by atoms with Gasteiger partial charge in [0, 0.05) is 24.8 Å². The van der Waals surface area contributed by atoms with Crippen molar-refractivity contribution < 1.29 is 19.4 Å². The summed E-state index contributed by atoms with van der Waals surface area (Å²) in [6.07, 6.45) is 2.24. The van der Waals surface area contributed by atoms with Crippen molar-refractivity contribution in [2.24, 2.45) is 5.92 Å². The number of carbonyl (C=O) groups is 1. The number of benzene rings is 1. The summed E-state index contributed by atoms with van der Waals surface area (Å²) in [5.41, 5.74) is 0.154. The van der Waals surface area contributed by atoms with E-state index in [1.807, 2.05) is 4.90 Å². The molecule has 0 spiro atoms. The Hall–Kier alpha value is -1.79. The molecule has 112 valence electrons. The Labute approximate surface area is 122 Å². The van der Waals surface area contributed by atoms with E-state index >= 15 is 0 Å². The number of β-amino-alcohol motifs (C(OH)–C–C–N with tert-alkyl or cyclic N) is 1. The van der Waals surface area contributed by atoms with E-state index in [0.717, 1.165) is 12.8 Å². The van der Waals surface area contributed by atoms with E-state index in [1.54, 1.807) is 18.2 Å². The van der Waals surface area contributed by atoms with E-state index in [0.29, 0.717) is 42.7 Å². The van der Waals surface area contributed by atoms with Gasteiger partial charge in [-0.25, -0.2) is 0 Å². The Morgan fingerprint density at radius 2 is 2.10 bits per heavy atom. The Balaban J connectivity index is 1.30. The van der Waals surface area contributed by atoms with Crippen molar-refractivity contribution in [1.29, 1.82) is 0 Å². The SMILES string of the molecule is O=C(CN1CC(O)(C2CC2)C1)Nc1ccc2c(c1)OCO2. The smallest absolute Gasteiger partial charge is 0.238 e. The summed E-state index contributed by atoms with van der Waals surface area (Å²) in [5, 5.41) is 13.1. The van der Waals surface area contributed by atoms with Crippen molar-refractivity contribution in [2.45, 2.75) is 18.4 Å². The van der Waals surface area contributed by atoms with E-state index in [1.165, 1.54) is 0 Å². The molecule has 1 aliphatic carbocycles. The maximum atomic E-state index is 12.0. The van der Waals surface area contributed by atoms with E-state index < -0.39 is 5.60 Å². The molecule has 0 atom stereocenters. The van der Waals surface area contributed by atoms with Crippen molar-refractivity contribution >= 4 is 11.6 Å². The van der Waals surface area contributed by atoms with Crippen molar-refractivity contribution in [2.75, 3.05) is 31.7 Å². The average molecular weight is 290 g/mol. The van der Waals surface area contributed by atoms with Crippen molar-refractivity contribution in [3.63, 3.8) is 0 Å². The molecule has 1 amide bonds. The van der Waals surface area contributed by atoms with E-state index in [-0.39, 0.29) is 12.7 Å². The van der Waals surface area contributed by atoms with Crippen LogP contribution in [0.25, 0.3) is 0 Å². The van der Waals surface area contributed by atoms with Crippen LogP contribution < -0.4 is 14.8 Å². The Morgan fingerprint density at radius 3 is 2.86 bits per heavy atom. The number of nitrogens with one attached hydrogen (secondary N) is 1. The first-order valence-corrected chi connectivity index (χ1v) is 7.27. The van der Waals surface area contributed by atoms with Gasteiger partial charge in [-0.15, -0.1) is 0 Å². The summed E-state index contributed by atoms with van der Waals surface area (Å²) in [6, 6.07) is 5.34. The van der Waals surface area contributed by atoms with Gasteiger partial charge >= 0.3 is 0 Å². The third-order valence-electron chi connectivity index (χ3n) is 4.36. The van der Waals surface area contributed by atoms with Gasteiger partial charge in [0.05, 0.1) is 12.1 Å². The lowest BCUT2D eigenvalue weighted by Crippen LogP contribution is -2.64. The molecule has 2 N–H and O–H groups in total. The van der Waals surface area contributed by atoms with Gasteiger partial charge in [-0.05, 0) is 30.9 Å². The summed E-state index contributed by atoms with van der Waals surface area (Å²) in [5.74, 6) is 1.72. The maximum absolute atomic E-state index is 12.0. The molecule has 0 radical (unpaired) electrons. The number of hydrogen-bond donors (Lipinski definition) is 2. The molecule has 0 unspecified atom stereocenters. The highest BCUT2D eigenvalue weighted by molar-refractivity contribution is 5.92. The molecule has 0 bridgehead atoms. The predicted octanol–water partition coefficient (Wildman–Crippen LogP) is 0.810. The molecule has 6 nitrogen and oxygen atoms in total. The van der Waals surface area contributed by atoms with E-state index in [4.69, 9.17) is 9.47 Å². The molecule has 2 heterocycles. The lowest BCUT2D eigenvalue weighted by molar-refractivity contribution is -0.132. The van der Waals surface area contributed by atoms with Crippen molar-refractivity contribution in [3.05, 3.63) is 18.2 Å². The van der Waals surface area contributed by atoms with Gasteiger partial charge in [-0.3, -0.25) is 9.69 Å². The van der Waals surface area contributed by atoms with Crippen LogP contribution in [0.3, 0.4) is 0 Å². The van der Waals surface area contributed by atoms with Gasteiger partial charge in [0.1, 0.15) is 0 Å². The zero-order valence-corrected chi connectivity index (χ0v) is 11.7. The topological polar surface area (TPSA) is 71.0 Å². The molecule has 2 fully saturated rings. The van der Waals surface area contributed by atoms with Crippen molar-refractivity contribution in [1.82, 2.24) is 4.90 Å². The normalized spacial score (nSPS) is 22.7. The summed E-state index contributed by atoms with van der Waals surface area (Å²) in [7, 11) is 0. The van der Waals surface area contributed by atoms with Crippen molar-refractivity contribution in [3.8, 4) is 11.5 Å². The molecule has 21 heavy (non-hydrogen) atoms. The van der Waals surface area contributed by atoms with E-state index in [9.17, 15) is 9.90 Å². The standard InChI is InChI=1S/C15H18N2O4/c18-14(6-17-7-15(19,8-17)10-1-2-10)16-11-3-4-12-13(5-11)21-9-20-12/h3-5,10,19H,1-2,6-9H2,(H,16,18). The number of likely N-dealkylation sites (tertiary alicyclic amines) is 1. The van der Waals surface area contributed by atoms with Gasteiger partial charge in [0.2, 0.25) is 12.7 Å². The number of rotatable bonds is 4. The maximum Gasteiger partial charge on any atom is 0.238 e. The van der Waals surface area contributed by atoms with E-state index in [2.05, 4.69) is 5.32 Å². The fourth-order valence-electron chi connectivity index (χ4n) is 3.10. The minimum atomic E-state index is -0.543. The summed E-state index contributed by atoms with van der Waals surface area (Å²) < 4.78 is 10.5. The van der Waals surface area contributed by atoms with Gasteiger partial charge in [-0.1, -0.05) is 0 Å². The highest BCUT2D eigenvalue weighted by Crippen LogP contribution is 2.44. The second-order valence-corrected chi connectivity index (χ2v) is 6.14. The van der Waals surface area contributed by atoms with Gasteiger partial charge in [0.15, 0.2) is 11.5 Å². The monoisotopic (exact) mass is 290 g/mol. The highest BCUT2D eigenvalue weighted by Gasteiger charge is 2.51. The van der Waals surface area contributed by atoms with Crippen LogP contribution in [0.2, 0.25) is 0 Å². The van der Waals surface area contributed by atoms with Crippen LogP contribution in [-0.4, -0.2) is 47.9 Å². The fraction of sp³-hybridized carbons (Fsp3) is 0.533. The largest absolute Gasteiger partial charge is 0.454 e. The van der Waals surface area contributed by atoms with Crippen LogP contribution in [0.15, 0.2) is 18.2 Å². The molecule has 2 aliphatic heterocycles. The number of fused-ring (bicyclic) bond motifs is 1. The number of nitrogens with zero attached hydrogens (tertiary/aromatic N) is 1. The number of hydrogen-bond acceptors (Lipinski definition) is 5. The van der Waals surface area contributed by atoms with Crippen LogP contribution in [0.1, 0.15) is 12.8 Å². The van der Waals surface area contributed by atoms with Crippen LogP contribution in [0.5, 0.6) is 11.5 Å². The minimum Gasteiger partial charge on any atom is -0.454 e. The lowest BCUT2D eigenvalue weighted by Gasteiger charge is -2.46. The van der Waals surface area contributed by atoms with Crippen LogP contribution in [0.4, 0.5) is 5.69 Å². The molecular weight excluding hydrogens is 272 g/mol. The molecule has 1 aromatic carbocycles.